The SMILES string of the molecule is CN1CCNCC1.NC1CCCC1. The number of piperazine rings is 1. The van der Waals surface area contributed by atoms with Crippen molar-refractivity contribution in [3.63, 3.8) is 0 Å². The molecular formula is C10H23N3. The van der Waals surface area contributed by atoms with E-state index in [0.717, 1.165) is 13.1 Å². The van der Waals surface area contributed by atoms with Crippen LogP contribution in [-0.4, -0.2) is 44.2 Å². The molecule has 1 aliphatic carbocycles. The van der Waals surface area contributed by atoms with E-state index in [2.05, 4.69) is 17.3 Å². The Morgan fingerprint density at radius 3 is 1.92 bits per heavy atom. The van der Waals surface area contributed by atoms with Crippen molar-refractivity contribution >= 4 is 0 Å². The van der Waals surface area contributed by atoms with Crippen molar-refractivity contribution < 1.29 is 0 Å². The molecule has 78 valence electrons. The summed E-state index contributed by atoms with van der Waals surface area (Å²) in [5.41, 5.74) is 5.53. The summed E-state index contributed by atoms with van der Waals surface area (Å²) in [6, 6.07) is 0.546. The molecule has 0 bridgehead atoms. The lowest BCUT2D eigenvalue weighted by atomic mass is 10.3. The molecule has 0 aromatic carbocycles. The first-order chi connectivity index (χ1) is 6.29. The van der Waals surface area contributed by atoms with Gasteiger partial charge in [-0.25, -0.2) is 0 Å². The molecule has 3 nitrogen and oxygen atoms in total. The van der Waals surface area contributed by atoms with Gasteiger partial charge < -0.3 is 16.0 Å². The highest BCUT2D eigenvalue weighted by molar-refractivity contribution is 4.67. The number of nitrogens with one attached hydrogen (secondary N) is 1. The minimum absolute atomic E-state index is 0.546. The lowest BCUT2D eigenvalue weighted by molar-refractivity contribution is 0.291. The highest BCUT2D eigenvalue weighted by Gasteiger charge is 2.07. The van der Waals surface area contributed by atoms with E-state index in [-0.39, 0.29) is 0 Å². The summed E-state index contributed by atoms with van der Waals surface area (Å²) in [6.45, 7) is 4.74. The Morgan fingerprint density at radius 1 is 1.15 bits per heavy atom. The van der Waals surface area contributed by atoms with E-state index in [4.69, 9.17) is 5.73 Å². The van der Waals surface area contributed by atoms with Crippen molar-refractivity contribution in [2.75, 3.05) is 33.2 Å². The second kappa shape index (κ2) is 6.35. The molecule has 3 N–H and O–H groups in total. The third kappa shape index (κ3) is 5.24. The van der Waals surface area contributed by atoms with Crippen molar-refractivity contribution in [2.24, 2.45) is 5.73 Å². The Balaban J connectivity index is 0.000000132. The number of hydrogen-bond acceptors (Lipinski definition) is 3. The van der Waals surface area contributed by atoms with Gasteiger partial charge in [-0.15, -0.1) is 0 Å². The van der Waals surface area contributed by atoms with Gasteiger partial charge in [-0.3, -0.25) is 0 Å². The van der Waals surface area contributed by atoms with E-state index in [9.17, 15) is 0 Å². The van der Waals surface area contributed by atoms with Crippen LogP contribution in [-0.2, 0) is 0 Å². The molecule has 0 radical (unpaired) electrons. The van der Waals surface area contributed by atoms with E-state index in [1.807, 2.05) is 0 Å². The van der Waals surface area contributed by atoms with Crippen LogP contribution >= 0.6 is 0 Å². The van der Waals surface area contributed by atoms with Crippen molar-refractivity contribution in [1.82, 2.24) is 10.2 Å². The zero-order chi connectivity index (χ0) is 9.52. The quantitative estimate of drug-likeness (QED) is 0.574. The van der Waals surface area contributed by atoms with Crippen LogP contribution in [0.3, 0.4) is 0 Å². The second-order valence-corrected chi connectivity index (χ2v) is 4.10. The number of rotatable bonds is 0. The highest BCUT2D eigenvalue weighted by atomic mass is 15.2. The molecule has 0 spiro atoms. The first-order valence-electron chi connectivity index (χ1n) is 5.44. The molecule has 0 unspecified atom stereocenters. The van der Waals surface area contributed by atoms with Crippen molar-refractivity contribution in [1.29, 1.82) is 0 Å². The van der Waals surface area contributed by atoms with Gasteiger partial charge >= 0.3 is 0 Å². The third-order valence-electron chi connectivity index (χ3n) is 2.74. The number of hydrogen-bond donors (Lipinski definition) is 2. The number of nitrogens with zero attached hydrogens (tertiary/aromatic N) is 1. The maximum Gasteiger partial charge on any atom is 0.0104 e. The second-order valence-electron chi connectivity index (χ2n) is 4.10. The summed E-state index contributed by atoms with van der Waals surface area (Å²) < 4.78 is 0. The predicted octanol–water partition coefficient (Wildman–Crippen LogP) is 0.409. The molecule has 1 aliphatic heterocycles. The lowest BCUT2D eigenvalue weighted by Gasteiger charge is -2.21. The largest absolute Gasteiger partial charge is 0.328 e. The van der Waals surface area contributed by atoms with E-state index < -0.39 is 0 Å². The van der Waals surface area contributed by atoms with Crippen molar-refractivity contribution in [3.8, 4) is 0 Å². The summed E-state index contributed by atoms with van der Waals surface area (Å²) in [4.78, 5) is 2.33. The number of nitrogens with two attached hydrogens (primary N) is 1. The van der Waals surface area contributed by atoms with Crippen molar-refractivity contribution in [3.05, 3.63) is 0 Å². The van der Waals surface area contributed by atoms with Gasteiger partial charge in [-0.2, -0.15) is 0 Å². The Bertz CT molecular complexity index is 115. The summed E-state index contributed by atoms with van der Waals surface area (Å²) >= 11 is 0. The molecule has 1 heterocycles. The van der Waals surface area contributed by atoms with Gasteiger partial charge in [0.25, 0.3) is 0 Å². The molecule has 0 aromatic heterocycles. The van der Waals surface area contributed by atoms with Crippen LogP contribution < -0.4 is 11.1 Å². The van der Waals surface area contributed by atoms with Crippen LogP contribution in [0, 0.1) is 0 Å². The van der Waals surface area contributed by atoms with Crippen LogP contribution in [0.5, 0.6) is 0 Å². The molecule has 2 fully saturated rings. The van der Waals surface area contributed by atoms with Gasteiger partial charge in [0.2, 0.25) is 0 Å². The standard InChI is InChI=1S/C5H12N2.C5H11N/c1-7-4-2-6-3-5-7;6-5-3-1-2-4-5/h6H,2-5H2,1H3;5H,1-4,6H2. The van der Waals surface area contributed by atoms with E-state index in [1.54, 1.807) is 0 Å². The first kappa shape index (κ1) is 11.0. The van der Waals surface area contributed by atoms with Crippen LogP contribution in [0.15, 0.2) is 0 Å². The molecule has 2 aliphatic rings. The maximum absolute atomic E-state index is 5.53. The fourth-order valence-corrected chi connectivity index (χ4v) is 1.73. The smallest absolute Gasteiger partial charge is 0.0104 e. The van der Waals surface area contributed by atoms with E-state index in [1.165, 1.54) is 38.8 Å². The highest BCUT2D eigenvalue weighted by Crippen LogP contribution is 2.14. The Labute approximate surface area is 81.7 Å². The number of likely N-dealkylation sites (N-methyl/N-ethyl adjacent to an activating group) is 1. The first-order valence-corrected chi connectivity index (χ1v) is 5.44. The topological polar surface area (TPSA) is 41.3 Å². The molecule has 0 amide bonds. The summed E-state index contributed by atoms with van der Waals surface area (Å²) in [6.07, 6.45) is 5.25. The fourth-order valence-electron chi connectivity index (χ4n) is 1.73. The third-order valence-corrected chi connectivity index (χ3v) is 2.74. The molecule has 3 heteroatoms. The van der Waals surface area contributed by atoms with Crippen LogP contribution in [0.4, 0.5) is 0 Å². The van der Waals surface area contributed by atoms with E-state index in [0.29, 0.717) is 6.04 Å². The van der Waals surface area contributed by atoms with Crippen LogP contribution in [0.25, 0.3) is 0 Å². The summed E-state index contributed by atoms with van der Waals surface area (Å²) in [5.74, 6) is 0. The van der Waals surface area contributed by atoms with Gasteiger partial charge in [0.05, 0.1) is 0 Å². The van der Waals surface area contributed by atoms with Crippen LogP contribution in [0.2, 0.25) is 0 Å². The summed E-state index contributed by atoms with van der Waals surface area (Å²) in [7, 11) is 2.15. The Morgan fingerprint density at radius 2 is 1.69 bits per heavy atom. The molecular weight excluding hydrogens is 162 g/mol. The predicted molar refractivity (Wildman–Crippen MR) is 56.8 cm³/mol. The molecule has 1 saturated carbocycles. The zero-order valence-electron chi connectivity index (χ0n) is 8.76. The van der Waals surface area contributed by atoms with Crippen LogP contribution in [0.1, 0.15) is 25.7 Å². The molecule has 13 heavy (non-hydrogen) atoms. The van der Waals surface area contributed by atoms with Gasteiger partial charge in [-0.1, -0.05) is 12.8 Å². The van der Waals surface area contributed by atoms with Crippen molar-refractivity contribution in [2.45, 2.75) is 31.7 Å². The zero-order valence-corrected chi connectivity index (χ0v) is 8.76. The minimum atomic E-state index is 0.546. The monoisotopic (exact) mass is 185 g/mol. The molecule has 1 saturated heterocycles. The average molecular weight is 185 g/mol. The average Bonchev–Trinajstić information content (AvgIpc) is 2.58. The normalized spacial score (nSPS) is 25.4. The van der Waals surface area contributed by atoms with Gasteiger partial charge in [-0.05, 0) is 19.9 Å². The molecule has 0 atom stereocenters. The minimum Gasteiger partial charge on any atom is -0.328 e. The maximum atomic E-state index is 5.53. The summed E-state index contributed by atoms with van der Waals surface area (Å²) in [5, 5.41) is 3.27. The van der Waals surface area contributed by atoms with Gasteiger partial charge in [0.1, 0.15) is 0 Å². The van der Waals surface area contributed by atoms with Gasteiger partial charge in [0, 0.05) is 32.2 Å². The van der Waals surface area contributed by atoms with Gasteiger partial charge in [0.15, 0.2) is 0 Å². The Hall–Kier alpha value is -0.120. The lowest BCUT2D eigenvalue weighted by Crippen LogP contribution is -2.40. The van der Waals surface area contributed by atoms with E-state index >= 15 is 0 Å². The molecule has 0 aromatic rings. The fraction of sp³-hybridized carbons (Fsp3) is 1.00. The Kier molecular flexibility index (Phi) is 5.35. The molecule has 2 rings (SSSR count).